The highest BCUT2D eigenvalue weighted by Crippen LogP contribution is 2.07. The Kier molecular flexibility index (Phi) is 6.57. The monoisotopic (exact) mass is 232 g/mol. The summed E-state index contributed by atoms with van der Waals surface area (Å²) in [7, 11) is 0. The molecule has 1 atom stereocenters. The molecule has 0 fully saturated rings. The van der Waals surface area contributed by atoms with E-state index in [1.165, 1.54) is 0 Å². The number of hydrogen-bond donors (Lipinski definition) is 3. The van der Waals surface area contributed by atoms with Crippen molar-refractivity contribution in [2.75, 3.05) is 6.54 Å². The van der Waals surface area contributed by atoms with Crippen molar-refractivity contribution in [3.63, 3.8) is 0 Å². The van der Waals surface area contributed by atoms with Crippen molar-refractivity contribution < 1.29 is 14.8 Å². The fourth-order valence-corrected chi connectivity index (χ4v) is 1.18. The number of rotatable bonds is 8. The highest BCUT2D eigenvalue weighted by Gasteiger charge is 2.15. The molecule has 0 aliphatic carbocycles. The van der Waals surface area contributed by atoms with Crippen LogP contribution in [0.15, 0.2) is 4.99 Å². The van der Waals surface area contributed by atoms with Gasteiger partial charge in [-0.15, -0.1) is 0 Å². The van der Waals surface area contributed by atoms with Crippen LogP contribution in [-0.2, 0) is 4.79 Å². The number of nitrogens with two attached hydrogens (primary N) is 2. The third-order valence-corrected chi connectivity index (χ3v) is 1.91. The average Bonchev–Trinajstić information content (AvgIpc) is 2.14. The predicted molar refractivity (Wildman–Crippen MR) is 57.6 cm³/mol. The van der Waals surface area contributed by atoms with Gasteiger partial charge in [-0.05, 0) is 12.8 Å². The molecular formula is C8H16N4O4. The Bertz CT molecular complexity index is 275. The summed E-state index contributed by atoms with van der Waals surface area (Å²) in [5.74, 6) is -1.36. The summed E-state index contributed by atoms with van der Waals surface area (Å²) in [6.07, 6.45) is 1.85. The molecule has 16 heavy (non-hydrogen) atoms. The summed E-state index contributed by atoms with van der Waals surface area (Å²) in [4.78, 5) is 23.8. The molecule has 0 aliphatic heterocycles. The molecule has 0 saturated carbocycles. The number of guanidine groups is 1. The maximum Gasteiger partial charge on any atom is 0.328 e. The van der Waals surface area contributed by atoms with Crippen molar-refractivity contribution in [2.24, 2.45) is 16.5 Å². The molecule has 0 radical (unpaired) electrons. The number of hydrogen-bond acceptors (Lipinski definition) is 4. The van der Waals surface area contributed by atoms with Gasteiger partial charge in [0.1, 0.15) is 0 Å². The highest BCUT2D eigenvalue weighted by molar-refractivity contribution is 5.81. The minimum atomic E-state index is -1.09. The Morgan fingerprint density at radius 1 is 1.38 bits per heavy atom. The summed E-state index contributed by atoms with van der Waals surface area (Å²) < 4.78 is 0. The van der Waals surface area contributed by atoms with E-state index >= 15 is 0 Å². The quantitative estimate of drug-likeness (QED) is 0.170. The van der Waals surface area contributed by atoms with Crippen LogP contribution in [0.2, 0.25) is 0 Å². The van der Waals surface area contributed by atoms with Gasteiger partial charge in [0.05, 0.1) is 0 Å². The van der Waals surface area contributed by atoms with E-state index in [1.807, 2.05) is 0 Å². The van der Waals surface area contributed by atoms with Crippen molar-refractivity contribution in [2.45, 2.75) is 31.7 Å². The van der Waals surface area contributed by atoms with E-state index in [2.05, 4.69) is 4.99 Å². The molecule has 0 aromatic heterocycles. The maximum atomic E-state index is 10.7. The number of unbranched alkanes of at least 4 members (excludes halogenated alkanes) is 2. The van der Waals surface area contributed by atoms with E-state index < -0.39 is 16.9 Å². The Morgan fingerprint density at radius 3 is 2.44 bits per heavy atom. The van der Waals surface area contributed by atoms with Gasteiger partial charge in [0.25, 0.3) is 0 Å². The van der Waals surface area contributed by atoms with Crippen LogP contribution in [0.1, 0.15) is 25.7 Å². The van der Waals surface area contributed by atoms with Gasteiger partial charge in [-0.3, -0.25) is 10.1 Å². The van der Waals surface area contributed by atoms with Crippen molar-refractivity contribution in [3.8, 4) is 0 Å². The first kappa shape index (κ1) is 14.1. The van der Waals surface area contributed by atoms with Crippen LogP contribution in [0.3, 0.4) is 0 Å². The van der Waals surface area contributed by atoms with Gasteiger partial charge < -0.3 is 16.6 Å². The molecule has 1 unspecified atom stereocenters. The van der Waals surface area contributed by atoms with Crippen LogP contribution in [0, 0.1) is 10.1 Å². The van der Waals surface area contributed by atoms with E-state index in [4.69, 9.17) is 16.6 Å². The number of aliphatic carboxylic acids is 1. The van der Waals surface area contributed by atoms with Gasteiger partial charge in [-0.2, -0.15) is 0 Å². The molecule has 0 bridgehead atoms. The predicted octanol–water partition coefficient (Wildman–Crippen LogP) is -0.450. The molecular weight excluding hydrogens is 216 g/mol. The molecule has 0 aromatic rings. The fourth-order valence-electron chi connectivity index (χ4n) is 1.18. The van der Waals surface area contributed by atoms with Crippen molar-refractivity contribution in [1.29, 1.82) is 0 Å². The number of nitro groups is 1. The Morgan fingerprint density at radius 2 is 2.00 bits per heavy atom. The van der Waals surface area contributed by atoms with Crippen LogP contribution in [0.25, 0.3) is 0 Å². The molecule has 0 amide bonds. The van der Waals surface area contributed by atoms with Crippen molar-refractivity contribution in [1.82, 2.24) is 0 Å². The molecule has 0 rings (SSSR count). The van der Waals surface area contributed by atoms with Crippen LogP contribution < -0.4 is 11.5 Å². The number of nitrogens with zero attached hydrogens (tertiary/aromatic N) is 2. The third-order valence-electron chi connectivity index (χ3n) is 1.91. The lowest BCUT2D eigenvalue weighted by Crippen LogP contribution is -2.28. The summed E-state index contributed by atoms with van der Waals surface area (Å²) in [6, 6.07) is -0.958. The number of carbonyl (C=O) groups is 1. The maximum absolute atomic E-state index is 10.7. The Labute approximate surface area is 92.5 Å². The zero-order valence-electron chi connectivity index (χ0n) is 8.83. The Hall–Kier alpha value is -1.86. The Balaban J connectivity index is 3.82. The van der Waals surface area contributed by atoms with E-state index in [-0.39, 0.29) is 18.9 Å². The van der Waals surface area contributed by atoms with Crippen LogP contribution in [0.5, 0.6) is 0 Å². The third kappa shape index (κ3) is 7.54. The van der Waals surface area contributed by atoms with Crippen LogP contribution in [0.4, 0.5) is 0 Å². The number of carboxylic acid groups (broad SMARTS) is 1. The van der Waals surface area contributed by atoms with Gasteiger partial charge in [0.2, 0.25) is 6.54 Å². The molecule has 0 spiro atoms. The van der Waals surface area contributed by atoms with E-state index in [0.29, 0.717) is 19.3 Å². The summed E-state index contributed by atoms with van der Waals surface area (Å²) in [6.45, 7) is -0.0972. The van der Waals surface area contributed by atoms with Gasteiger partial charge in [-0.25, -0.2) is 9.79 Å². The second-order valence-corrected chi connectivity index (χ2v) is 3.31. The fraction of sp³-hybridized carbons (Fsp3) is 0.750. The molecule has 8 nitrogen and oxygen atoms in total. The zero-order valence-corrected chi connectivity index (χ0v) is 8.83. The topological polar surface area (TPSA) is 145 Å². The first-order valence-electron chi connectivity index (χ1n) is 4.87. The molecule has 0 aromatic carbocycles. The van der Waals surface area contributed by atoms with Gasteiger partial charge in [0, 0.05) is 11.3 Å². The smallest absolute Gasteiger partial charge is 0.328 e. The average molecular weight is 232 g/mol. The normalized spacial score (nSPS) is 11.8. The lowest BCUT2D eigenvalue weighted by molar-refractivity contribution is -0.480. The number of carboxylic acids is 1. The van der Waals surface area contributed by atoms with Gasteiger partial charge >= 0.3 is 5.97 Å². The van der Waals surface area contributed by atoms with Crippen molar-refractivity contribution in [3.05, 3.63) is 10.1 Å². The van der Waals surface area contributed by atoms with Crippen LogP contribution >= 0.6 is 0 Å². The van der Waals surface area contributed by atoms with Gasteiger partial charge in [-0.1, -0.05) is 6.42 Å². The van der Waals surface area contributed by atoms with Crippen LogP contribution in [-0.4, -0.2) is 34.5 Å². The molecule has 0 heterocycles. The van der Waals surface area contributed by atoms with Gasteiger partial charge in [0.15, 0.2) is 12.0 Å². The van der Waals surface area contributed by atoms with E-state index in [0.717, 1.165) is 0 Å². The highest BCUT2D eigenvalue weighted by atomic mass is 16.6. The summed E-state index contributed by atoms with van der Waals surface area (Å²) in [5, 5.41) is 18.7. The molecule has 5 N–H and O–H groups in total. The lowest BCUT2D eigenvalue weighted by atomic mass is 10.1. The minimum Gasteiger partial charge on any atom is -0.480 e. The van der Waals surface area contributed by atoms with E-state index in [1.54, 1.807) is 0 Å². The first-order chi connectivity index (χ1) is 7.43. The van der Waals surface area contributed by atoms with Crippen molar-refractivity contribution >= 4 is 11.9 Å². The SMILES string of the molecule is NC(N)=NC(CCCCC[N+](=O)[O-])C(=O)O. The largest absolute Gasteiger partial charge is 0.480 e. The second kappa shape index (κ2) is 7.43. The summed E-state index contributed by atoms with van der Waals surface area (Å²) in [5.41, 5.74) is 10.2. The minimum absolute atomic E-state index is 0.0972. The van der Waals surface area contributed by atoms with E-state index in [9.17, 15) is 14.9 Å². The standard InChI is InChI=1S/C8H16N4O4/c9-8(10)11-6(7(13)14)4-2-1-3-5-12(15)16/h6H,1-5H2,(H,13,14)(H4,9,10,11). The summed E-state index contributed by atoms with van der Waals surface area (Å²) >= 11 is 0. The molecule has 0 aliphatic rings. The second-order valence-electron chi connectivity index (χ2n) is 3.31. The molecule has 8 heteroatoms. The lowest BCUT2D eigenvalue weighted by Gasteiger charge is -2.06. The first-order valence-corrected chi connectivity index (χ1v) is 4.87. The zero-order chi connectivity index (χ0) is 12.6. The molecule has 92 valence electrons. The molecule has 0 saturated heterocycles. The number of aliphatic imine (C=N–C) groups is 1.